The summed E-state index contributed by atoms with van der Waals surface area (Å²) in [6, 6.07) is 1.96. The number of aromatic amines is 1. The van der Waals surface area contributed by atoms with E-state index in [0.717, 1.165) is 23.8 Å². The smallest absolute Gasteiger partial charge is 0.222 e. The fraction of sp³-hybridized carbons (Fsp3) is 0.533. The Hall–Kier alpha value is -2.11. The van der Waals surface area contributed by atoms with Crippen molar-refractivity contribution in [3.8, 4) is 0 Å². The average molecular weight is 288 g/mol. The Bertz CT molecular complexity index is 595. The van der Waals surface area contributed by atoms with Crippen LogP contribution < -0.4 is 11.1 Å². The standard InChI is InChI=1S/C15H24N6/c1-14(2,3)10-6-12(21-13(16)20-10)18-8-15(4,5)11-7-17-9-19-11/h6-7,9H,8H2,1-5H3,(H,17,19)(H3,16,18,20,21). The van der Waals surface area contributed by atoms with Gasteiger partial charge in [-0.15, -0.1) is 0 Å². The summed E-state index contributed by atoms with van der Waals surface area (Å²) in [5.41, 5.74) is 7.67. The van der Waals surface area contributed by atoms with Crippen molar-refractivity contribution >= 4 is 11.8 Å². The third kappa shape index (κ3) is 3.71. The van der Waals surface area contributed by atoms with E-state index in [0.29, 0.717) is 5.95 Å². The van der Waals surface area contributed by atoms with Gasteiger partial charge in [0.1, 0.15) is 5.82 Å². The molecule has 2 rings (SSSR count). The highest BCUT2D eigenvalue weighted by Gasteiger charge is 2.23. The zero-order valence-electron chi connectivity index (χ0n) is 13.4. The number of imidazole rings is 1. The molecule has 0 aliphatic carbocycles. The molecular weight excluding hydrogens is 264 g/mol. The zero-order chi connectivity index (χ0) is 15.7. The van der Waals surface area contributed by atoms with Crippen molar-refractivity contribution in [3.05, 3.63) is 30.0 Å². The minimum absolute atomic E-state index is 0.0631. The van der Waals surface area contributed by atoms with Crippen molar-refractivity contribution in [1.29, 1.82) is 0 Å². The first-order chi connectivity index (χ1) is 9.68. The number of rotatable bonds is 4. The van der Waals surface area contributed by atoms with Crippen LogP contribution in [0.1, 0.15) is 46.0 Å². The third-order valence-electron chi connectivity index (χ3n) is 3.45. The number of H-pyrrole nitrogens is 1. The van der Waals surface area contributed by atoms with Gasteiger partial charge in [-0.05, 0) is 0 Å². The van der Waals surface area contributed by atoms with Crippen LogP contribution in [0.3, 0.4) is 0 Å². The number of hydrogen-bond acceptors (Lipinski definition) is 5. The van der Waals surface area contributed by atoms with E-state index in [-0.39, 0.29) is 10.8 Å². The highest BCUT2D eigenvalue weighted by Crippen LogP contribution is 2.24. The van der Waals surface area contributed by atoms with Crippen LogP contribution in [0.25, 0.3) is 0 Å². The van der Waals surface area contributed by atoms with Gasteiger partial charge in [-0.1, -0.05) is 34.6 Å². The number of nitrogens with two attached hydrogens (primary N) is 1. The van der Waals surface area contributed by atoms with Crippen molar-refractivity contribution in [1.82, 2.24) is 19.9 Å². The Morgan fingerprint density at radius 2 is 1.90 bits per heavy atom. The number of anilines is 2. The van der Waals surface area contributed by atoms with Gasteiger partial charge in [0.05, 0.1) is 12.0 Å². The Morgan fingerprint density at radius 3 is 2.48 bits per heavy atom. The van der Waals surface area contributed by atoms with Gasteiger partial charge < -0.3 is 16.0 Å². The van der Waals surface area contributed by atoms with Crippen LogP contribution in [0.4, 0.5) is 11.8 Å². The maximum absolute atomic E-state index is 5.81. The van der Waals surface area contributed by atoms with Crippen molar-refractivity contribution in [2.45, 2.75) is 45.4 Å². The summed E-state index contributed by atoms with van der Waals surface area (Å²) in [7, 11) is 0. The fourth-order valence-electron chi connectivity index (χ4n) is 1.97. The molecular formula is C15H24N6. The highest BCUT2D eigenvalue weighted by molar-refractivity contribution is 5.43. The molecule has 0 aromatic carbocycles. The van der Waals surface area contributed by atoms with Gasteiger partial charge in [0.25, 0.3) is 0 Å². The molecule has 0 unspecified atom stereocenters. The molecule has 0 radical (unpaired) electrons. The summed E-state index contributed by atoms with van der Waals surface area (Å²) in [6.07, 6.45) is 3.54. The third-order valence-corrected chi connectivity index (χ3v) is 3.45. The Kier molecular flexibility index (Phi) is 3.89. The lowest BCUT2D eigenvalue weighted by Gasteiger charge is -2.24. The molecule has 0 saturated carbocycles. The normalized spacial score (nSPS) is 12.4. The van der Waals surface area contributed by atoms with Gasteiger partial charge >= 0.3 is 0 Å². The van der Waals surface area contributed by atoms with Crippen LogP contribution in [-0.4, -0.2) is 26.5 Å². The van der Waals surface area contributed by atoms with E-state index in [2.05, 4.69) is 59.9 Å². The molecule has 2 aromatic heterocycles. The second-order valence-electron chi connectivity index (χ2n) is 6.95. The minimum atomic E-state index is -0.0852. The van der Waals surface area contributed by atoms with Crippen molar-refractivity contribution in [3.63, 3.8) is 0 Å². The molecule has 0 aliphatic heterocycles. The number of nitrogen functional groups attached to an aromatic ring is 1. The second kappa shape index (κ2) is 5.35. The zero-order valence-corrected chi connectivity index (χ0v) is 13.4. The molecule has 0 bridgehead atoms. The monoisotopic (exact) mass is 288 g/mol. The van der Waals surface area contributed by atoms with Crippen molar-refractivity contribution in [2.24, 2.45) is 0 Å². The van der Waals surface area contributed by atoms with E-state index in [1.165, 1.54) is 0 Å². The van der Waals surface area contributed by atoms with Crippen LogP contribution in [0.5, 0.6) is 0 Å². The summed E-state index contributed by atoms with van der Waals surface area (Å²) in [5.74, 6) is 1.05. The van der Waals surface area contributed by atoms with Crippen LogP contribution in [-0.2, 0) is 10.8 Å². The lowest BCUT2D eigenvalue weighted by Crippen LogP contribution is -2.28. The molecule has 4 N–H and O–H groups in total. The van der Waals surface area contributed by atoms with Gasteiger partial charge in [0.2, 0.25) is 5.95 Å². The van der Waals surface area contributed by atoms with Crippen LogP contribution >= 0.6 is 0 Å². The van der Waals surface area contributed by atoms with Crippen LogP contribution in [0, 0.1) is 0 Å². The molecule has 6 nitrogen and oxygen atoms in total. The predicted octanol–water partition coefficient (Wildman–Crippen LogP) is 2.47. The Labute approximate surface area is 125 Å². The van der Waals surface area contributed by atoms with Crippen LogP contribution in [0.15, 0.2) is 18.6 Å². The van der Waals surface area contributed by atoms with E-state index in [9.17, 15) is 0 Å². The number of nitrogens with one attached hydrogen (secondary N) is 2. The lowest BCUT2D eigenvalue weighted by molar-refractivity contribution is 0.539. The van der Waals surface area contributed by atoms with Gasteiger partial charge in [-0.25, -0.2) is 9.97 Å². The number of aromatic nitrogens is 4. The first-order valence-corrected chi connectivity index (χ1v) is 7.06. The molecule has 0 amide bonds. The topological polar surface area (TPSA) is 92.5 Å². The van der Waals surface area contributed by atoms with Gasteiger partial charge in [0, 0.05) is 35.3 Å². The first-order valence-electron chi connectivity index (χ1n) is 7.06. The molecule has 2 heterocycles. The minimum Gasteiger partial charge on any atom is -0.369 e. The fourth-order valence-corrected chi connectivity index (χ4v) is 1.97. The summed E-state index contributed by atoms with van der Waals surface area (Å²) < 4.78 is 0. The quantitative estimate of drug-likeness (QED) is 0.803. The van der Waals surface area contributed by atoms with E-state index in [4.69, 9.17) is 5.73 Å². The van der Waals surface area contributed by atoms with Crippen molar-refractivity contribution < 1.29 is 0 Å². The summed E-state index contributed by atoms with van der Waals surface area (Å²) in [6.45, 7) is 11.3. The summed E-state index contributed by atoms with van der Waals surface area (Å²) >= 11 is 0. The maximum atomic E-state index is 5.81. The van der Waals surface area contributed by atoms with Crippen molar-refractivity contribution in [2.75, 3.05) is 17.6 Å². The van der Waals surface area contributed by atoms with E-state index >= 15 is 0 Å². The lowest BCUT2D eigenvalue weighted by atomic mass is 9.89. The highest BCUT2D eigenvalue weighted by atomic mass is 15.1. The van der Waals surface area contributed by atoms with E-state index in [1.807, 2.05) is 12.3 Å². The van der Waals surface area contributed by atoms with Gasteiger partial charge in [0.15, 0.2) is 0 Å². The molecule has 0 spiro atoms. The summed E-state index contributed by atoms with van der Waals surface area (Å²) in [4.78, 5) is 15.8. The molecule has 6 heteroatoms. The largest absolute Gasteiger partial charge is 0.369 e. The second-order valence-corrected chi connectivity index (χ2v) is 6.95. The molecule has 0 saturated heterocycles. The van der Waals surface area contributed by atoms with Gasteiger partial charge in [-0.2, -0.15) is 4.98 Å². The van der Waals surface area contributed by atoms with E-state index < -0.39 is 0 Å². The molecule has 2 aromatic rings. The number of nitrogens with zero attached hydrogens (tertiary/aromatic N) is 3. The maximum Gasteiger partial charge on any atom is 0.222 e. The molecule has 0 atom stereocenters. The van der Waals surface area contributed by atoms with E-state index in [1.54, 1.807) is 6.33 Å². The molecule has 0 aliphatic rings. The van der Waals surface area contributed by atoms with Gasteiger partial charge in [-0.3, -0.25) is 0 Å². The SMILES string of the molecule is CC(C)(C)c1cc(NCC(C)(C)c2cnc[nH]2)nc(N)n1. The Balaban J connectivity index is 2.15. The Morgan fingerprint density at radius 1 is 1.19 bits per heavy atom. The van der Waals surface area contributed by atoms with Crippen LogP contribution in [0.2, 0.25) is 0 Å². The number of hydrogen-bond donors (Lipinski definition) is 3. The predicted molar refractivity (Wildman–Crippen MR) is 85.2 cm³/mol. The summed E-state index contributed by atoms with van der Waals surface area (Å²) in [5, 5.41) is 3.35. The average Bonchev–Trinajstić information content (AvgIpc) is 2.89. The molecule has 114 valence electrons. The molecule has 21 heavy (non-hydrogen) atoms. The molecule has 0 fully saturated rings. The first kappa shape index (κ1) is 15.3.